The van der Waals surface area contributed by atoms with Crippen LogP contribution < -0.4 is 0 Å². The first kappa shape index (κ1) is 14.4. The average Bonchev–Trinajstić information content (AvgIpc) is 3.32. The van der Waals surface area contributed by atoms with Gasteiger partial charge >= 0.3 is 0 Å². The van der Waals surface area contributed by atoms with E-state index in [2.05, 4.69) is 15.1 Å². The summed E-state index contributed by atoms with van der Waals surface area (Å²) in [5, 5.41) is 4.20. The number of amides is 1. The maximum Gasteiger partial charge on any atom is 0.256 e. The Bertz CT molecular complexity index is 710. The molecule has 0 N–H and O–H groups in total. The normalized spacial score (nSPS) is 24.7. The van der Waals surface area contributed by atoms with Crippen molar-refractivity contribution >= 4 is 5.91 Å². The molecule has 0 radical (unpaired) electrons. The van der Waals surface area contributed by atoms with Crippen molar-refractivity contribution in [3.8, 4) is 0 Å². The van der Waals surface area contributed by atoms with Crippen LogP contribution in [0.4, 0.5) is 0 Å². The quantitative estimate of drug-likeness (QED) is 0.871. The van der Waals surface area contributed by atoms with Crippen molar-refractivity contribution in [3.05, 3.63) is 41.8 Å². The number of carbonyl (C=O) groups excluding carboxylic acids is 1. The predicted molar refractivity (Wildman–Crippen MR) is 82.7 cm³/mol. The molecule has 2 aromatic heterocycles. The van der Waals surface area contributed by atoms with Crippen LogP contribution in [0.25, 0.3) is 0 Å². The molecule has 1 saturated heterocycles. The monoisotopic (exact) mass is 312 g/mol. The molecule has 6 nitrogen and oxygen atoms in total. The first-order valence-corrected chi connectivity index (χ1v) is 8.24. The van der Waals surface area contributed by atoms with E-state index in [9.17, 15) is 4.79 Å². The fourth-order valence-electron chi connectivity index (χ4n) is 3.27. The summed E-state index contributed by atoms with van der Waals surface area (Å²) in [6.07, 6.45) is 8.43. The number of aromatic nitrogens is 3. The molecule has 1 atom stereocenters. The molecule has 0 aromatic carbocycles. The number of nitrogens with zero attached hydrogens (tertiary/aromatic N) is 4. The van der Waals surface area contributed by atoms with Crippen molar-refractivity contribution in [3.63, 3.8) is 0 Å². The van der Waals surface area contributed by atoms with Crippen molar-refractivity contribution < 1.29 is 9.32 Å². The van der Waals surface area contributed by atoms with Gasteiger partial charge in [0, 0.05) is 24.9 Å². The maximum atomic E-state index is 12.9. The van der Waals surface area contributed by atoms with Gasteiger partial charge < -0.3 is 9.42 Å². The SMILES string of the molecule is CC1(c2noc(C3CC3)n2)CCCCN1C(=O)c1cccnc1. The van der Waals surface area contributed by atoms with Crippen LogP contribution in [-0.2, 0) is 5.54 Å². The fourth-order valence-corrected chi connectivity index (χ4v) is 3.27. The molecule has 3 heterocycles. The minimum absolute atomic E-state index is 0.0157. The number of likely N-dealkylation sites (tertiary alicyclic amines) is 1. The number of rotatable bonds is 3. The van der Waals surface area contributed by atoms with E-state index in [0.29, 0.717) is 23.9 Å². The highest BCUT2D eigenvalue weighted by Gasteiger charge is 2.44. The van der Waals surface area contributed by atoms with Gasteiger partial charge in [0.05, 0.1) is 5.56 Å². The molecule has 2 aliphatic rings. The lowest BCUT2D eigenvalue weighted by Gasteiger charge is -2.42. The lowest BCUT2D eigenvalue weighted by molar-refractivity contribution is 0.0324. The first-order valence-electron chi connectivity index (χ1n) is 8.24. The van der Waals surface area contributed by atoms with E-state index >= 15 is 0 Å². The Kier molecular flexibility index (Phi) is 3.39. The van der Waals surface area contributed by atoms with Crippen molar-refractivity contribution in [1.82, 2.24) is 20.0 Å². The van der Waals surface area contributed by atoms with Crippen LogP contribution in [0.5, 0.6) is 0 Å². The van der Waals surface area contributed by atoms with E-state index in [1.165, 1.54) is 0 Å². The average molecular weight is 312 g/mol. The van der Waals surface area contributed by atoms with Crippen LogP contribution in [0.1, 0.15) is 67.0 Å². The van der Waals surface area contributed by atoms with Gasteiger partial charge in [-0.2, -0.15) is 4.98 Å². The second kappa shape index (κ2) is 5.44. The van der Waals surface area contributed by atoms with E-state index in [1.807, 2.05) is 11.8 Å². The Labute approximate surface area is 134 Å². The highest BCUT2D eigenvalue weighted by molar-refractivity contribution is 5.94. The standard InChI is InChI=1S/C17H20N4O2/c1-17(16-19-14(23-20-16)12-6-7-12)8-2-3-10-21(17)15(22)13-5-4-9-18-11-13/h4-5,9,11-12H,2-3,6-8,10H2,1H3. The van der Waals surface area contributed by atoms with E-state index in [0.717, 1.165) is 38.0 Å². The van der Waals surface area contributed by atoms with Gasteiger partial charge in [0.1, 0.15) is 5.54 Å². The first-order chi connectivity index (χ1) is 11.2. The highest BCUT2D eigenvalue weighted by Crippen LogP contribution is 2.41. The second-order valence-corrected chi connectivity index (χ2v) is 6.66. The minimum Gasteiger partial charge on any atom is -0.339 e. The van der Waals surface area contributed by atoms with Gasteiger partial charge in [-0.15, -0.1) is 0 Å². The molecule has 6 heteroatoms. The molecule has 2 aromatic rings. The second-order valence-electron chi connectivity index (χ2n) is 6.66. The molecular weight excluding hydrogens is 292 g/mol. The lowest BCUT2D eigenvalue weighted by Crippen LogP contribution is -2.51. The van der Waals surface area contributed by atoms with E-state index in [-0.39, 0.29) is 5.91 Å². The van der Waals surface area contributed by atoms with E-state index in [4.69, 9.17) is 4.52 Å². The molecule has 4 rings (SSSR count). The summed E-state index contributed by atoms with van der Waals surface area (Å²) < 4.78 is 5.43. The zero-order valence-corrected chi connectivity index (χ0v) is 13.2. The molecule has 1 amide bonds. The van der Waals surface area contributed by atoms with Gasteiger partial charge in [0.25, 0.3) is 5.91 Å². The molecule has 120 valence electrons. The molecular formula is C17H20N4O2. The largest absolute Gasteiger partial charge is 0.339 e. The Balaban J connectivity index is 1.67. The number of piperidine rings is 1. The van der Waals surface area contributed by atoms with Crippen LogP contribution in [0, 0.1) is 0 Å². The highest BCUT2D eigenvalue weighted by atomic mass is 16.5. The van der Waals surface area contributed by atoms with Gasteiger partial charge in [-0.3, -0.25) is 9.78 Å². The molecule has 0 spiro atoms. The third-order valence-corrected chi connectivity index (χ3v) is 4.89. The van der Waals surface area contributed by atoms with Crippen LogP contribution in [-0.4, -0.2) is 32.5 Å². The number of pyridine rings is 1. The van der Waals surface area contributed by atoms with Gasteiger partial charge in [-0.1, -0.05) is 5.16 Å². The number of hydrogen-bond donors (Lipinski definition) is 0. The predicted octanol–water partition coefficient (Wildman–Crippen LogP) is 2.88. The van der Waals surface area contributed by atoms with Crippen LogP contribution in [0.2, 0.25) is 0 Å². The zero-order valence-electron chi connectivity index (χ0n) is 13.2. The molecule has 2 fully saturated rings. The van der Waals surface area contributed by atoms with Crippen molar-refractivity contribution in [1.29, 1.82) is 0 Å². The maximum absolute atomic E-state index is 12.9. The summed E-state index contributed by atoms with van der Waals surface area (Å²) in [5.41, 5.74) is 0.0912. The number of hydrogen-bond acceptors (Lipinski definition) is 5. The van der Waals surface area contributed by atoms with Crippen LogP contribution in [0.3, 0.4) is 0 Å². The Morgan fingerprint density at radius 3 is 3.00 bits per heavy atom. The smallest absolute Gasteiger partial charge is 0.256 e. The van der Waals surface area contributed by atoms with Gasteiger partial charge in [-0.25, -0.2) is 0 Å². The summed E-state index contributed by atoms with van der Waals surface area (Å²) >= 11 is 0. The van der Waals surface area contributed by atoms with Crippen molar-refractivity contribution in [2.45, 2.75) is 50.5 Å². The lowest BCUT2D eigenvalue weighted by atomic mass is 9.87. The van der Waals surface area contributed by atoms with Crippen LogP contribution in [0.15, 0.2) is 29.0 Å². The summed E-state index contributed by atoms with van der Waals surface area (Å²) in [5.74, 6) is 1.76. The van der Waals surface area contributed by atoms with E-state index in [1.54, 1.807) is 24.5 Å². The third kappa shape index (κ3) is 2.52. The van der Waals surface area contributed by atoms with Gasteiger partial charge in [0.15, 0.2) is 5.82 Å². The minimum atomic E-state index is -0.512. The van der Waals surface area contributed by atoms with Crippen molar-refractivity contribution in [2.75, 3.05) is 6.54 Å². The molecule has 1 unspecified atom stereocenters. The van der Waals surface area contributed by atoms with Crippen LogP contribution >= 0.6 is 0 Å². The van der Waals surface area contributed by atoms with E-state index < -0.39 is 5.54 Å². The molecule has 1 saturated carbocycles. The number of carbonyl (C=O) groups is 1. The molecule has 23 heavy (non-hydrogen) atoms. The van der Waals surface area contributed by atoms with Gasteiger partial charge in [0.2, 0.25) is 5.89 Å². The fraction of sp³-hybridized carbons (Fsp3) is 0.529. The van der Waals surface area contributed by atoms with Crippen molar-refractivity contribution in [2.24, 2.45) is 0 Å². The molecule has 0 bridgehead atoms. The summed E-state index contributed by atoms with van der Waals surface area (Å²) in [6, 6.07) is 3.59. The summed E-state index contributed by atoms with van der Waals surface area (Å²) in [7, 11) is 0. The molecule has 1 aliphatic carbocycles. The summed E-state index contributed by atoms with van der Waals surface area (Å²) in [6.45, 7) is 2.75. The Hall–Kier alpha value is -2.24. The topological polar surface area (TPSA) is 72.1 Å². The zero-order chi connectivity index (χ0) is 15.9. The third-order valence-electron chi connectivity index (χ3n) is 4.89. The molecule has 1 aliphatic heterocycles. The van der Waals surface area contributed by atoms with Gasteiger partial charge in [-0.05, 0) is 51.2 Å². The summed E-state index contributed by atoms with van der Waals surface area (Å²) in [4.78, 5) is 23.5. The Morgan fingerprint density at radius 2 is 2.26 bits per heavy atom. The Morgan fingerprint density at radius 1 is 1.39 bits per heavy atom.